The molecule has 1 fully saturated rings. The summed E-state index contributed by atoms with van der Waals surface area (Å²) in [5.74, 6) is -0.333. The van der Waals surface area contributed by atoms with Crippen LogP contribution in [0.1, 0.15) is 9.67 Å². The normalized spacial score (nSPS) is 15.3. The van der Waals surface area contributed by atoms with Crippen LogP contribution >= 0.6 is 22.9 Å². The first-order chi connectivity index (χ1) is 10.1. The number of hydrogen-bond donors (Lipinski definition) is 1. The smallest absolute Gasteiger partial charge is 0.349 e. The molecule has 0 aliphatic carbocycles. The topological polar surface area (TPSA) is 82.5 Å². The standard InChI is InChI=1S/C12H12ClN5O2S/c13-9-8(10(19)20)21-12(16-9)18-6-4-17(5-7-18)11-14-2-1-3-15-11/h1-3H,4-7H2,(H,19,20). The van der Waals surface area contributed by atoms with Crippen LogP contribution in [0.25, 0.3) is 0 Å². The summed E-state index contributed by atoms with van der Waals surface area (Å²) < 4.78 is 0. The Balaban J connectivity index is 1.68. The first-order valence-electron chi connectivity index (χ1n) is 6.31. The lowest BCUT2D eigenvalue weighted by molar-refractivity contribution is 0.0702. The van der Waals surface area contributed by atoms with Crippen molar-refractivity contribution in [3.8, 4) is 0 Å². The highest BCUT2D eigenvalue weighted by atomic mass is 35.5. The molecule has 2 aromatic rings. The van der Waals surface area contributed by atoms with Gasteiger partial charge in [0.05, 0.1) is 0 Å². The molecule has 3 rings (SSSR count). The summed E-state index contributed by atoms with van der Waals surface area (Å²) in [6, 6.07) is 1.78. The van der Waals surface area contributed by atoms with Gasteiger partial charge in [-0.3, -0.25) is 0 Å². The van der Waals surface area contributed by atoms with Gasteiger partial charge in [0, 0.05) is 38.6 Å². The van der Waals surface area contributed by atoms with Crippen molar-refractivity contribution in [3.63, 3.8) is 0 Å². The molecule has 3 heterocycles. The number of carboxylic acid groups (broad SMARTS) is 1. The van der Waals surface area contributed by atoms with Crippen LogP contribution in [-0.2, 0) is 0 Å². The molecule has 0 saturated carbocycles. The number of thiazole rings is 1. The number of carboxylic acids is 1. The molecule has 9 heteroatoms. The van der Waals surface area contributed by atoms with E-state index in [1.807, 2.05) is 4.90 Å². The predicted octanol–water partition coefficient (Wildman–Crippen LogP) is 1.61. The van der Waals surface area contributed by atoms with Gasteiger partial charge in [0.2, 0.25) is 5.95 Å². The van der Waals surface area contributed by atoms with E-state index in [1.54, 1.807) is 18.5 Å². The maximum atomic E-state index is 11.0. The van der Waals surface area contributed by atoms with Crippen molar-refractivity contribution >= 4 is 40.0 Å². The number of rotatable bonds is 3. The van der Waals surface area contributed by atoms with Gasteiger partial charge in [-0.25, -0.2) is 19.7 Å². The second-order valence-electron chi connectivity index (χ2n) is 4.44. The molecule has 0 spiro atoms. The molecule has 0 atom stereocenters. The Morgan fingerprint density at radius 3 is 2.38 bits per heavy atom. The molecule has 7 nitrogen and oxygen atoms in total. The first-order valence-corrected chi connectivity index (χ1v) is 7.51. The van der Waals surface area contributed by atoms with Crippen molar-refractivity contribution in [2.24, 2.45) is 0 Å². The molecular weight excluding hydrogens is 314 g/mol. The van der Waals surface area contributed by atoms with Crippen molar-refractivity contribution in [1.82, 2.24) is 15.0 Å². The van der Waals surface area contributed by atoms with Crippen LogP contribution in [0.5, 0.6) is 0 Å². The summed E-state index contributed by atoms with van der Waals surface area (Å²) >= 11 is 6.95. The third-order valence-electron chi connectivity index (χ3n) is 3.15. The number of aromatic nitrogens is 3. The molecule has 2 aromatic heterocycles. The third-order valence-corrected chi connectivity index (χ3v) is 4.64. The van der Waals surface area contributed by atoms with Crippen LogP contribution in [0.2, 0.25) is 5.15 Å². The van der Waals surface area contributed by atoms with Crippen molar-refractivity contribution in [1.29, 1.82) is 0 Å². The van der Waals surface area contributed by atoms with Crippen molar-refractivity contribution in [2.45, 2.75) is 0 Å². The zero-order chi connectivity index (χ0) is 14.8. The molecule has 0 radical (unpaired) electrons. The van der Waals surface area contributed by atoms with Crippen LogP contribution in [0, 0.1) is 0 Å². The van der Waals surface area contributed by atoms with Crippen LogP contribution < -0.4 is 9.80 Å². The number of anilines is 2. The van der Waals surface area contributed by atoms with Crippen molar-refractivity contribution in [2.75, 3.05) is 36.0 Å². The molecule has 1 aliphatic heterocycles. The Kier molecular flexibility index (Phi) is 3.89. The molecule has 1 N–H and O–H groups in total. The molecule has 1 saturated heterocycles. The maximum Gasteiger partial charge on any atom is 0.349 e. The van der Waals surface area contributed by atoms with E-state index in [0.717, 1.165) is 37.5 Å². The number of piperazine rings is 1. The number of hydrogen-bond acceptors (Lipinski definition) is 7. The summed E-state index contributed by atoms with van der Waals surface area (Å²) in [6.45, 7) is 2.95. The van der Waals surface area contributed by atoms with Gasteiger partial charge >= 0.3 is 5.97 Å². The van der Waals surface area contributed by atoms with Crippen molar-refractivity contribution < 1.29 is 9.90 Å². The Hall–Kier alpha value is -1.93. The Morgan fingerprint density at radius 1 is 1.19 bits per heavy atom. The lowest BCUT2D eigenvalue weighted by Gasteiger charge is -2.34. The van der Waals surface area contributed by atoms with E-state index >= 15 is 0 Å². The van der Waals surface area contributed by atoms with Crippen LogP contribution in [0.4, 0.5) is 11.1 Å². The summed E-state index contributed by atoms with van der Waals surface area (Å²) in [6.07, 6.45) is 3.43. The van der Waals surface area contributed by atoms with Crippen LogP contribution in [-0.4, -0.2) is 52.2 Å². The second kappa shape index (κ2) is 5.82. The molecule has 0 unspecified atom stereocenters. The second-order valence-corrected chi connectivity index (χ2v) is 5.78. The average molecular weight is 326 g/mol. The summed E-state index contributed by atoms with van der Waals surface area (Å²) in [7, 11) is 0. The largest absolute Gasteiger partial charge is 0.477 e. The monoisotopic (exact) mass is 325 g/mol. The quantitative estimate of drug-likeness (QED) is 0.918. The van der Waals surface area contributed by atoms with Gasteiger partial charge in [-0.2, -0.15) is 0 Å². The molecule has 0 amide bonds. The van der Waals surface area contributed by atoms with Gasteiger partial charge in [-0.1, -0.05) is 22.9 Å². The lowest BCUT2D eigenvalue weighted by Crippen LogP contribution is -2.47. The Bertz CT molecular complexity index is 642. The summed E-state index contributed by atoms with van der Waals surface area (Å²) in [5.41, 5.74) is 0. The van der Waals surface area contributed by atoms with E-state index < -0.39 is 5.97 Å². The number of halogens is 1. The minimum absolute atomic E-state index is 0.0522. The highest BCUT2D eigenvalue weighted by Crippen LogP contribution is 2.30. The molecular formula is C12H12ClN5O2S. The number of nitrogens with zero attached hydrogens (tertiary/aromatic N) is 5. The van der Waals surface area contributed by atoms with Gasteiger partial charge in [-0.05, 0) is 6.07 Å². The van der Waals surface area contributed by atoms with E-state index in [2.05, 4.69) is 19.9 Å². The van der Waals surface area contributed by atoms with E-state index in [-0.39, 0.29) is 10.0 Å². The molecule has 0 aromatic carbocycles. The summed E-state index contributed by atoms with van der Waals surface area (Å²) in [5, 5.41) is 9.71. The highest BCUT2D eigenvalue weighted by molar-refractivity contribution is 7.18. The van der Waals surface area contributed by atoms with E-state index in [1.165, 1.54) is 0 Å². The lowest BCUT2D eigenvalue weighted by atomic mass is 10.3. The van der Waals surface area contributed by atoms with Gasteiger partial charge < -0.3 is 14.9 Å². The number of aromatic carboxylic acids is 1. The fourth-order valence-electron chi connectivity index (χ4n) is 2.11. The highest BCUT2D eigenvalue weighted by Gasteiger charge is 2.24. The van der Waals surface area contributed by atoms with Crippen molar-refractivity contribution in [3.05, 3.63) is 28.5 Å². The van der Waals surface area contributed by atoms with Gasteiger partial charge in [0.1, 0.15) is 0 Å². The number of carbonyl (C=O) groups is 1. The zero-order valence-corrected chi connectivity index (χ0v) is 12.5. The SMILES string of the molecule is O=C(O)c1sc(N2CCN(c3ncccn3)CC2)nc1Cl. The molecule has 110 valence electrons. The van der Waals surface area contributed by atoms with E-state index in [4.69, 9.17) is 16.7 Å². The summed E-state index contributed by atoms with van der Waals surface area (Å²) in [4.78, 5) is 27.8. The first kappa shape index (κ1) is 14.0. The molecule has 0 bridgehead atoms. The maximum absolute atomic E-state index is 11.0. The zero-order valence-electron chi connectivity index (χ0n) is 10.9. The minimum atomic E-state index is -1.04. The van der Waals surface area contributed by atoms with E-state index in [0.29, 0.717) is 11.1 Å². The van der Waals surface area contributed by atoms with Gasteiger partial charge in [-0.15, -0.1) is 0 Å². The fraction of sp³-hybridized carbons (Fsp3) is 0.333. The fourth-order valence-corrected chi connectivity index (χ4v) is 3.29. The predicted molar refractivity (Wildman–Crippen MR) is 80.5 cm³/mol. The van der Waals surface area contributed by atoms with Crippen LogP contribution in [0.3, 0.4) is 0 Å². The molecule has 21 heavy (non-hydrogen) atoms. The average Bonchev–Trinajstić information content (AvgIpc) is 2.90. The Labute approximate surface area is 129 Å². The van der Waals surface area contributed by atoms with Gasteiger partial charge in [0.15, 0.2) is 15.2 Å². The van der Waals surface area contributed by atoms with Gasteiger partial charge in [0.25, 0.3) is 0 Å². The van der Waals surface area contributed by atoms with Crippen LogP contribution in [0.15, 0.2) is 18.5 Å². The third kappa shape index (κ3) is 2.91. The minimum Gasteiger partial charge on any atom is -0.477 e. The Morgan fingerprint density at radius 2 is 1.81 bits per heavy atom. The molecule has 1 aliphatic rings. The van der Waals surface area contributed by atoms with E-state index in [9.17, 15) is 4.79 Å².